The highest BCUT2D eigenvalue weighted by Gasteiger charge is 2.66. The quantitative estimate of drug-likeness (QED) is 0.162. The van der Waals surface area contributed by atoms with Gasteiger partial charge < -0.3 is 24.4 Å². The topological polar surface area (TPSA) is 99.6 Å². The van der Waals surface area contributed by atoms with Crippen molar-refractivity contribution in [2.75, 3.05) is 36.6 Å². The minimum Gasteiger partial charge on any atom is -0.497 e. The van der Waals surface area contributed by atoms with Gasteiger partial charge in [-0.05, 0) is 66.2 Å². The van der Waals surface area contributed by atoms with Crippen molar-refractivity contribution in [3.8, 4) is 5.75 Å². The van der Waals surface area contributed by atoms with E-state index >= 15 is 4.79 Å². The summed E-state index contributed by atoms with van der Waals surface area (Å²) in [5.74, 6) is 0.0723. The molecule has 1 N–H and O–H groups in total. The number of carbonyl (C=O) groups is 3. The van der Waals surface area contributed by atoms with Gasteiger partial charge in [-0.25, -0.2) is 0 Å². The van der Waals surface area contributed by atoms with Gasteiger partial charge in [-0.15, -0.1) is 6.58 Å². The first kappa shape index (κ1) is 34.3. The Kier molecular flexibility index (Phi) is 8.39. The van der Waals surface area contributed by atoms with Crippen molar-refractivity contribution in [3.05, 3.63) is 103 Å². The molecule has 0 bridgehead atoms. The summed E-state index contributed by atoms with van der Waals surface area (Å²) in [5, 5.41) is 13.2. The number of ether oxygens (including phenoxy) is 2. The molecule has 4 aromatic rings. The van der Waals surface area contributed by atoms with Crippen LogP contribution in [-0.2, 0) is 19.9 Å². The number of methoxy groups -OCH3 is 1. The predicted octanol–water partition coefficient (Wildman–Crippen LogP) is 6.26. The van der Waals surface area contributed by atoms with Crippen molar-refractivity contribution in [1.82, 2.24) is 4.90 Å². The van der Waals surface area contributed by atoms with Crippen molar-refractivity contribution in [3.63, 3.8) is 0 Å². The number of likely N-dealkylation sites (tertiary alicyclic amines) is 1. The molecule has 1 spiro atoms. The second-order valence-electron chi connectivity index (χ2n) is 15.2. The molecule has 10 heteroatoms. The molecule has 268 valence electrons. The summed E-state index contributed by atoms with van der Waals surface area (Å²) in [7, 11) is -0.858. The molecule has 52 heavy (non-hydrogen) atoms. The third-order valence-corrected chi connectivity index (χ3v) is 16.6. The number of benzene rings is 4. The number of nitrogens with zero attached hydrogens (tertiary/aromatic N) is 3. The minimum absolute atomic E-state index is 0.0637. The van der Waals surface area contributed by atoms with E-state index in [2.05, 4.69) is 38.7 Å². The number of carbonyl (C=O) groups excluding carboxylic acids is 3. The molecule has 4 aromatic carbocycles. The number of amides is 3. The lowest BCUT2D eigenvalue weighted by Gasteiger charge is -2.37. The van der Waals surface area contributed by atoms with Gasteiger partial charge >= 0.3 is 0 Å². The van der Waals surface area contributed by atoms with E-state index in [4.69, 9.17) is 9.47 Å². The average Bonchev–Trinajstić information content (AvgIpc) is 3.88. The Morgan fingerprint density at radius 3 is 2.52 bits per heavy atom. The fourth-order valence-corrected chi connectivity index (χ4v) is 13.8. The van der Waals surface area contributed by atoms with E-state index in [0.717, 1.165) is 40.7 Å². The van der Waals surface area contributed by atoms with Gasteiger partial charge in [0.1, 0.15) is 5.75 Å². The molecule has 9 nitrogen and oxygen atoms in total. The van der Waals surface area contributed by atoms with E-state index < -0.39 is 19.8 Å². The number of hydrogen-bond acceptors (Lipinski definition) is 6. The van der Waals surface area contributed by atoms with Gasteiger partial charge in [0.05, 0.1) is 57.3 Å². The highest BCUT2D eigenvalue weighted by Crippen LogP contribution is 2.61. The van der Waals surface area contributed by atoms with Gasteiger partial charge in [0.2, 0.25) is 5.91 Å². The average molecular weight is 716 g/mol. The molecule has 0 aliphatic carbocycles. The molecule has 2 saturated heterocycles. The highest BCUT2D eigenvalue weighted by molar-refractivity contribution is 6.91. The van der Waals surface area contributed by atoms with Crippen LogP contribution < -0.4 is 19.7 Å². The minimum atomic E-state index is -2.51. The Hall–Kier alpha value is -4.77. The number of aliphatic hydroxyl groups is 1. The largest absolute Gasteiger partial charge is 0.497 e. The first-order valence-electron chi connectivity index (χ1n) is 18.2. The Labute approximate surface area is 305 Å². The van der Waals surface area contributed by atoms with E-state index in [-0.39, 0.29) is 54.8 Å². The van der Waals surface area contributed by atoms with Crippen molar-refractivity contribution in [2.24, 2.45) is 5.92 Å². The lowest BCUT2D eigenvalue weighted by Crippen LogP contribution is -2.52. The molecule has 4 heterocycles. The molecule has 0 radical (unpaired) electrons. The molecular weight excluding hydrogens is 671 g/mol. The zero-order valence-corrected chi connectivity index (χ0v) is 31.2. The molecular formula is C42H45N3O6Si. The van der Waals surface area contributed by atoms with E-state index in [1.54, 1.807) is 27.9 Å². The first-order valence-corrected chi connectivity index (χ1v) is 21.3. The number of fused-ring (bicyclic) bond motifs is 2. The molecule has 4 aliphatic heterocycles. The maximum Gasteiger partial charge on any atom is 0.264 e. The van der Waals surface area contributed by atoms with Crippen molar-refractivity contribution in [2.45, 2.75) is 62.6 Å². The second kappa shape index (κ2) is 12.7. The number of aliphatic hydroxyl groups excluding tert-OH is 1. The SMILES string of the molecule is C=CCN1C(=O)[C@@]2(O[C@@H](CC(=O)N3CCC[C@H]3CO)[C@H]([Si](C)(C)c3ccc(OC)cc3)[C@H]2C)c2cc(N3C(=O)c4cccc5cccc3c45)ccc21. The fraction of sp³-hybridized carbons (Fsp3) is 0.357. The van der Waals surface area contributed by atoms with Gasteiger partial charge in [-0.3, -0.25) is 19.3 Å². The van der Waals surface area contributed by atoms with Crippen LogP contribution >= 0.6 is 0 Å². The van der Waals surface area contributed by atoms with Crippen LogP contribution in [0.5, 0.6) is 5.75 Å². The third kappa shape index (κ3) is 4.91. The number of anilines is 3. The second-order valence-corrected chi connectivity index (χ2v) is 19.8. The van der Waals surface area contributed by atoms with Crippen LogP contribution in [0.2, 0.25) is 18.6 Å². The van der Waals surface area contributed by atoms with Crippen molar-refractivity contribution >= 4 is 58.8 Å². The Morgan fingerprint density at radius 1 is 1.06 bits per heavy atom. The predicted molar refractivity (Wildman–Crippen MR) is 205 cm³/mol. The fourth-order valence-electron chi connectivity index (χ4n) is 9.77. The first-order chi connectivity index (χ1) is 25.1. The third-order valence-electron chi connectivity index (χ3n) is 12.2. The molecule has 0 saturated carbocycles. The maximum absolute atomic E-state index is 15.0. The van der Waals surface area contributed by atoms with Gasteiger partial charge in [0.15, 0.2) is 5.60 Å². The summed E-state index contributed by atoms with van der Waals surface area (Å²) in [5.41, 5.74) is 1.98. The van der Waals surface area contributed by atoms with E-state index in [9.17, 15) is 14.7 Å². The summed E-state index contributed by atoms with van der Waals surface area (Å²) < 4.78 is 12.7. The van der Waals surface area contributed by atoms with Gasteiger partial charge in [-0.2, -0.15) is 0 Å². The normalized spacial score (nSPS) is 25.1. The van der Waals surface area contributed by atoms with Crippen LogP contribution in [0.4, 0.5) is 17.1 Å². The zero-order chi connectivity index (χ0) is 36.5. The van der Waals surface area contributed by atoms with Crippen LogP contribution in [0.3, 0.4) is 0 Å². The molecule has 2 fully saturated rings. The van der Waals surface area contributed by atoms with Gasteiger partial charge in [0, 0.05) is 35.6 Å². The summed E-state index contributed by atoms with van der Waals surface area (Å²) in [4.78, 5) is 48.5. The molecule has 5 atom stereocenters. The smallest absolute Gasteiger partial charge is 0.264 e. The van der Waals surface area contributed by atoms with Crippen molar-refractivity contribution < 1.29 is 29.0 Å². The number of hydrogen-bond donors (Lipinski definition) is 1. The summed E-state index contributed by atoms with van der Waals surface area (Å²) >= 11 is 0. The van der Waals surface area contributed by atoms with Gasteiger partial charge in [-0.1, -0.05) is 67.7 Å². The molecule has 4 aliphatic rings. The molecule has 0 unspecified atom stereocenters. The van der Waals surface area contributed by atoms with Crippen LogP contribution in [0, 0.1) is 5.92 Å². The standard InChI is InChI=1S/C42H45N3O6Si/c1-6-21-44-34-20-15-28(45-35-14-8-11-27-10-7-13-32(38(27)35)40(45)48)23-33(34)42(41(44)49)26(2)39(52(4,5)31-18-16-30(50-3)17-19-31)36(51-42)24-37(47)43-22-9-12-29(43)25-46/h6-8,10-11,13-20,23,26,29,36,39,46H,1,9,12,21-22,24-25H2,2-5H3/t26-,29+,36+,39-,42+/m1/s1. The molecule has 3 amide bonds. The Morgan fingerprint density at radius 2 is 1.81 bits per heavy atom. The van der Waals surface area contributed by atoms with E-state index in [1.165, 1.54) is 5.19 Å². The summed E-state index contributed by atoms with van der Waals surface area (Å²) in [6.07, 6.45) is 2.86. The lowest BCUT2D eigenvalue weighted by atomic mass is 9.82. The Balaban J connectivity index is 1.26. The maximum atomic E-state index is 15.0. The van der Waals surface area contributed by atoms with E-state index in [0.29, 0.717) is 23.4 Å². The summed E-state index contributed by atoms with van der Waals surface area (Å²) in [6.45, 7) is 11.5. The van der Waals surface area contributed by atoms with E-state index in [1.807, 2.05) is 66.7 Å². The van der Waals surface area contributed by atoms with Crippen LogP contribution in [0.15, 0.2) is 91.5 Å². The lowest BCUT2D eigenvalue weighted by molar-refractivity contribution is -0.149. The van der Waals surface area contributed by atoms with Crippen molar-refractivity contribution in [1.29, 1.82) is 0 Å². The highest BCUT2D eigenvalue weighted by atomic mass is 28.3. The zero-order valence-electron chi connectivity index (χ0n) is 30.2. The molecule has 0 aromatic heterocycles. The van der Waals surface area contributed by atoms with Crippen LogP contribution in [0.25, 0.3) is 10.8 Å². The van der Waals surface area contributed by atoms with Gasteiger partial charge in [0.25, 0.3) is 11.8 Å². The van der Waals surface area contributed by atoms with Crippen LogP contribution in [-0.4, -0.2) is 74.8 Å². The summed E-state index contributed by atoms with van der Waals surface area (Å²) in [6, 6.07) is 25.4. The molecule has 8 rings (SSSR count). The number of rotatable bonds is 9. The monoisotopic (exact) mass is 715 g/mol. The Bertz CT molecular complexity index is 2110. The van der Waals surface area contributed by atoms with Crippen LogP contribution in [0.1, 0.15) is 42.1 Å².